The highest BCUT2D eigenvalue weighted by Gasteiger charge is 2.19. The van der Waals surface area contributed by atoms with Crippen molar-refractivity contribution in [3.8, 4) is 11.3 Å². The Kier molecular flexibility index (Phi) is 3.66. The molecule has 0 aliphatic carbocycles. The third-order valence-corrected chi connectivity index (χ3v) is 3.02. The highest BCUT2D eigenvalue weighted by atomic mass is 19.1. The number of hydrogen-bond donors (Lipinski definition) is 0. The lowest BCUT2D eigenvalue weighted by Gasteiger charge is -2.15. The van der Waals surface area contributed by atoms with Gasteiger partial charge >= 0.3 is 0 Å². The van der Waals surface area contributed by atoms with Crippen molar-refractivity contribution in [1.29, 1.82) is 0 Å². The minimum Gasteiger partial charge on any atom is -0.378 e. The van der Waals surface area contributed by atoms with E-state index in [4.69, 9.17) is 6.57 Å². The summed E-state index contributed by atoms with van der Waals surface area (Å²) >= 11 is 0. The third-order valence-electron chi connectivity index (χ3n) is 3.02. The van der Waals surface area contributed by atoms with Gasteiger partial charge in [-0.2, -0.15) is 0 Å². The molecular weight excluding hydrogens is 260 g/mol. The van der Waals surface area contributed by atoms with E-state index in [9.17, 15) is 8.78 Å². The second kappa shape index (κ2) is 5.25. The molecule has 102 valence electrons. The molecule has 0 fully saturated rings. The molecule has 1 aromatic carbocycles. The lowest BCUT2D eigenvalue weighted by molar-refractivity contribution is 0.594. The summed E-state index contributed by atoms with van der Waals surface area (Å²) in [5.41, 5.74) is 1.22. The molecule has 1 aromatic heterocycles. The maximum Gasteiger partial charge on any atom is 0.257 e. The van der Waals surface area contributed by atoms with E-state index in [1.807, 2.05) is 19.0 Å². The number of halogens is 2. The fourth-order valence-corrected chi connectivity index (χ4v) is 1.98. The van der Waals surface area contributed by atoms with E-state index in [2.05, 4.69) is 9.83 Å². The Labute approximate surface area is 116 Å². The van der Waals surface area contributed by atoms with E-state index in [1.54, 1.807) is 25.3 Å². The molecule has 0 aliphatic rings. The first kappa shape index (κ1) is 13.9. The summed E-state index contributed by atoms with van der Waals surface area (Å²) in [7, 11) is 3.72. The summed E-state index contributed by atoms with van der Waals surface area (Å²) in [6.45, 7) is 8.48. The van der Waals surface area contributed by atoms with Crippen LogP contribution in [0.2, 0.25) is 0 Å². The lowest BCUT2D eigenvalue weighted by Crippen LogP contribution is -2.09. The molecule has 5 heteroatoms. The highest BCUT2D eigenvalue weighted by molar-refractivity contribution is 5.73. The maximum atomic E-state index is 14.3. The van der Waals surface area contributed by atoms with Gasteiger partial charge in [0.2, 0.25) is 0 Å². The van der Waals surface area contributed by atoms with Gasteiger partial charge in [0.1, 0.15) is 11.6 Å². The van der Waals surface area contributed by atoms with E-state index in [-0.39, 0.29) is 5.56 Å². The first-order chi connectivity index (χ1) is 9.45. The molecule has 3 nitrogen and oxygen atoms in total. The van der Waals surface area contributed by atoms with Crippen LogP contribution in [-0.4, -0.2) is 19.1 Å². The van der Waals surface area contributed by atoms with Gasteiger partial charge in [-0.05, 0) is 30.7 Å². The van der Waals surface area contributed by atoms with E-state index in [1.165, 1.54) is 0 Å². The number of pyridine rings is 1. The summed E-state index contributed by atoms with van der Waals surface area (Å²) in [5.74, 6) is -1.71. The molecule has 1 heterocycles. The predicted octanol–water partition coefficient (Wildman–Crippen LogP) is 3.95. The molecule has 0 amide bonds. The Morgan fingerprint density at radius 3 is 2.55 bits per heavy atom. The molecule has 0 bridgehead atoms. The molecule has 0 saturated carbocycles. The summed E-state index contributed by atoms with van der Waals surface area (Å²) in [5, 5.41) is 0. The molecule has 0 unspecified atom stereocenters. The standard InChI is InChI=1S/C15H13F2N3/c1-9-7-11(16)15(18-2)14(17)13(9)12-8-10(20(3)4)5-6-19-12/h5-8H,1,3-4H3. The van der Waals surface area contributed by atoms with Crippen molar-refractivity contribution < 1.29 is 8.78 Å². The van der Waals surface area contributed by atoms with Crippen molar-refractivity contribution in [2.75, 3.05) is 19.0 Å². The van der Waals surface area contributed by atoms with Crippen LogP contribution in [0.15, 0.2) is 24.4 Å². The number of benzene rings is 1. The van der Waals surface area contributed by atoms with Crippen LogP contribution in [0.25, 0.3) is 16.1 Å². The normalized spacial score (nSPS) is 10.2. The van der Waals surface area contributed by atoms with Gasteiger partial charge in [-0.1, -0.05) is 0 Å². The van der Waals surface area contributed by atoms with E-state index >= 15 is 0 Å². The highest BCUT2D eigenvalue weighted by Crippen LogP contribution is 2.34. The zero-order chi connectivity index (χ0) is 14.9. The summed E-state index contributed by atoms with van der Waals surface area (Å²) in [4.78, 5) is 8.90. The van der Waals surface area contributed by atoms with Crippen LogP contribution in [0.3, 0.4) is 0 Å². The number of nitrogens with zero attached hydrogens (tertiary/aromatic N) is 3. The van der Waals surface area contributed by atoms with Gasteiger partial charge in [0, 0.05) is 31.5 Å². The van der Waals surface area contributed by atoms with E-state index < -0.39 is 17.3 Å². The second-order valence-electron chi connectivity index (χ2n) is 4.62. The van der Waals surface area contributed by atoms with Crippen LogP contribution in [-0.2, 0) is 0 Å². The Balaban J connectivity index is 2.70. The van der Waals surface area contributed by atoms with E-state index in [0.717, 1.165) is 11.8 Å². The first-order valence-electron chi connectivity index (χ1n) is 5.95. The Bertz CT molecular complexity index is 703. The van der Waals surface area contributed by atoms with Gasteiger partial charge < -0.3 is 4.90 Å². The summed E-state index contributed by atoms with van der Waals surface area (Å²) in [6.07, 6.45) is 1.56. The second-order valence-corrected chi connectivity index (χ2v) is 4.62. The van der Waals surface area contributed by atoms with Crippen LogP contribution < -0.4 is 4.90 Å². The number of aromatic nitrogens is 1. The van der Waals surface area contributed by atoms with Crippen molar-refractivity contribution in [2.45, 2.75) is 6.92 Å². The number of aryl methyl sites for hydroxylation is 1. The van der Waals surface area contributed by atoms with Gasteiger partial charge in [-0.15, -0.1) is 0 Å². The molecule has 0 atom stereocenters. The topological polar surface area (TPSA) is 20.5 Å². The summed E-state index contributed by atoms with van der Waals surface area (Å²) < 4.78 is 27.8. The summed E-state index contributed by atoms with van der Waals surface area (Å²) in [6, 6.07) is 4.66. The molecule has 0 saturated heterocycles. The lowest BCUT2D eigenvalue weighted by atomic mass is 10.0. The van der Waals surface area contributed by atoms with Crippen LogP contribution in [0.1, 0.15) is 5.56 Å². The molecular formula is C15H13F2N3. The van der Waals surface area contributed by atoms with Gasteiger partial charge in [-0.3, -0.25) is 4.98 Å². The number of rotatable bonds is 2. The Hall–Kier alpha value is -2.48. The van der Waals surface area contributed by atoms with Crippen molar-refractivity contribution in [3.63, 3.8) is 0 Å². The molecule has 0 radical (unpaired) electrons. The van der Waals surface area contributed by atoms with Crippen LogP contribution in [0.4, 0.5) is 20.2 Å². The maximum absolute atomic E-state index is 14.3. The van der Waals surface area contributed by atoms with E-state index in [0.29, 0.717) is 11.3 Å². The van der Waals surface area contributed by atoms with Crippen LogP contribution in [0, 0.1) is 25.1 Å². The Morgan fingerprint density at radius 2 is 1.95 bits per heavy atom. The molecule has 0 aliphatic heterocycles. The minimum atomic E-state index is -0.860. The van der Waals surface area contributed by atoms with Crippen molar-refractivity contribution >= 4 is 11.4 Å². The average molecular weight is 273 g/mol. The first-order valence-corrected chi connectivity index (χ1v) is 5.95. The Morgan fingerprint density at radius 1 is 1.25 bits per heavy atom. The van der Waals surface area contributed by atoms with Crippen molar-refractivity contribution in [3.05, 3.63) is 53.0 Å². The predicted molar refractivity (Wildman–Crippen MR) is 74.9 cm³/mol. The molecule has 20 heavy (non-hydrogen) atoms. The zero-order valence-electron chi connectivity index (χ0n) is 11.4. The van der Waals surface area contributed by atoms with Crippen molar-refractivity contribution in [1.82, 2.24) is 4.98 Å². The SMILES string of the molecule is [C-]#[N+]c1c(F)cc(C)c(-c2cc(N(C)C)ccn2)c1F. The fourth-order valence-electron chi connectivity index (χ4n) is 1.98. The zero-order valence-corrected chi connectivity index (χ0v) is 11.4. The van der Waals surface area contributed by atoms with Gasteiger partial charge in [0.05, 0.1) is 12.3 Å². The third kappa shape index (κ3) is 2.32. The fraction of sp³-hybridized carbons (Fsp3) is 0.200. The molecule has 0 spiro atoms. The van der Waals surface area contributed by atoms with Crippen LogP contribution in [0.5, 0.6) is 0 Å². The number of anilines is 1. The van der Waals surface area contributed by atoms with Crippen molar-refractivity contribution in [2.24, 2.45) is 0 Å². The average Bonchev–Trinajstić information content (AvgIpc) is 2.39. The molecule has 2 aromatic rings. The quantitative estimate of drug-likeness (QED) is 0.772. The smallest absolute Gasteiger partial charge is 0.257 e. The van der Waals surface area contributed by atoms with Gasteiger partial charge in [-0.25, -0.2) is 13.6 Å². The van der Waals surface area contributed by atoms with Gasteiger partial charge in [0.25, 0.3) is 5.69 Å². The minimum absolute atomic E-state index is 0.168. The van der Waals surface area contributed by atoms with Gasteiger partial charge in [0.15, 0.2) is 0 Å². The van der Waals surface area contributed by atoms with Crippen LogP contribution >= 0.6 is 0 Å². The number of hydrogen-bond acceptors (Lipinski definition) is 2. The largest absolute Gasteiger partial charge is 0.378 e. The monoisotopic (exact) mass is 273 g/mol. The molecule has 2 rings (SSSR count). The molecule has 0 N–H and O–H groups in total.